The van der Waals surface area contributed by atoms with Gasteiger partial charge in [0.1, 0.15) is 17.2 Å². The van der Waals surface area contributed by atoms with Crippen LogP contribution in [0.2, 0.25) is 0 Å². The fraction of sp³-hybridized carbons (Fsp3) is 0.360. The van der Waals surface area contributed by atoms with Crippen LogP contribution in [0.4, 0.5) is 0 Å². The number of nitrogens with zero attached hydrogens (tertiary/aromatic N) is 1. The third-order valence-corrected chi connectivity index (χ3v) is 5.65. The molecule has 0 saturated carbocycles. The van der Waals surface area contributed by atoms with Crippen LogP contribution in [0, 0.1) is 0 Å². The highest BCUT2D eigenvalue weighted by atomic mass is 16.5. The summed E-state index contributed by atoms with van der Waals surface area (Å²) in [5.41, 5.74) is 8.09. The summed E-state index contributed by atoms with van der Waals surface area (Å²) in [6.45, 7) is 7.97. The first-order valence-electron chi connectivity index (χ1n) is 10.4. The lowest BCUT2D eigenvalue weighted by Crippen LogP contribution is -2.19. The molecule has 1 aliphatic rings. The van der Waals surface area contributed by atoms with E-state index in [0.717, 1.165) is 40.8 Å². The normalized spacial score (nSPS) is 15.3. The molecule has 5 nitrogen and oxygen atoms in total. The van der Waals surface area contributed by atoms with Crippen molar-refractivity contribution in [1.29, 1.82) is 0 Å². The predicted molar refractivity (Wildman–Crippen MR) is 118 cm³/mol. The molecule has 2 heterocycles. The molecule has 2 N–H and O–H groups in total. The van der Waals surface area contributed by atoms with E-state index in [4.69, 9.17) is 15.2 Å². The van der Waals surface area contributed by atoms with Crippen molar-refractivity contribution < 1.29 is 14.3 Å². The molecule has 1 amide bonds. The summed E-state index contributed by atoms with van der Waals surface area (Å²) in [5, 5.41) is 1.94. The number of fused-ring (bicyclic) bond motifs is 1. The Kier molecular flexibility index (Phi) is 5.48. The van der Waals surface area contributed by atoms with Crippen molar-refractivity contribution in [1.82, 2.24) is 4.98 Å². The maximum Gasteiger partial charge on any atom is 0.267 e. The number of amides is 1. The third-order valence-electron chi connectivity index (χ3n) is 5.65. The molecule has 1 aromatic heterocycles. The van der Waals surface area contributed by atoms with Crippen LogP contribution >= 0.6 is 0 Å². The summed E-state index contributed by atoms with van der Waals surface area (Å²) in [5.74, 6) is 1.26. The molecular formula is C25H28N2O3. The number of primary amides is 1. The molecule has 5 heteroatoms. The van der Waals surface area contributed by atoms with E-state index < -0.39 is 5.91 Å². The molecule has 1 aliphatic heterocycles. The monoisotopic (exact) mass is 404 g/mol. The van der Waals surface area contributed by atoms with Gasteiger partial charge in [-0.1, -0.05) is 39.0 Å². The van der Waals surface area contributed by atoms with Gasteiger partial charge in [-0.2, -0.15) is 0 Å². The number of carbonyl (C=O) groups is 1. The molecule has 2 aromatic carbocycles. The number of carbonyl (C=O) groups excluding carboxylic acids is 1. The molecule has 0 radical (unpaired) electrons. The van der Waals surface area contributed by atoms with E-state index in [1.165, 1.54) is 5.56 Å². The van der Waals surface area contributed by atoms with E-state index in [1.807, 2.05) is 30.3 Å². The number of pyridine rings is 1. The van der Waals surface area contributed by atoms with Crippen molar-refractivity contribution in [2.45, 2.75) is 44.9 Å². The van der Waals surface area contributed by atoms with Crippen molar-refractivity contribution >= 4 is 16.7 Å². The summed E-state index contributed by atoms with van der Waals surface area (Å²) >= 11 is 0. The number of hydrogen-bond acceptors (Lipinski definition) is 4. The highest BCUT2D eigenvalue weighted by Crippen LogP contribution is 2.35. The van der Waals surface area contributed by atoms with Gasteiger partial charge in [0, 0.05) is 24.5 Å². The lowest BCUT2D eigenvalue weighted by atomic mass is 9.87. The van der Waals surface area contributed by atoms with Crippen molar-refractivity contribution in [2.24, 2.45) is 5.73 Å². The summed E-state index contributed by atoms with van der Waals surface area (Å²) < 4.78 is 11.6. The van der Waals surface area contributed by atoms with Gasteiger partial charge in [0.05, 0.1) is 5.69 Å². The van der Waals surface area contributed by atoms with Crippen molar-refractivity contribution in [3.05, 3.63) is 65.5 Å². The van der Waals surface area contributed by atoms with Crippen LogP contribution in [-0.2, 0) is 10.2 Å². The van der Waals surface area contributed by atoms with E-state index in [0.29, 0.717) is 18.9 Å². The zero-order chi connectivity index (χ0) is 21.3. The minimum Gasteiger partial charge on any atom is -0.457 e. The maximum atomic E-state index is 11.8. The second kappa shape index (κ2) is 8.07. The largest absolute Gasteiger partial charge is 0.457 e. The fourth-order valence-corrected chi connectivity index (χ4v) is 3.88. The van der Waals surface area contributed by atoms with Gasteiger partial charge in [0.15, 0.2) is 0 Å². The molecule has 3 aromatic rings. The lowest BCUT2D eigenvalue weighted by molar-refractivity contribution is 0.0847. The summed E-state index contributed by atoms with van der Waals surface area (Å²) in [6.07, 6.45) is 1.76. The number of benzene rings is 2. The van der Waals surface area contributed by atoms with E-state index in [1.54, 1.807) is 6.07 Å². The number of aromatic nitrogens is 1. The topological polar surface area (TPSA) is 74.4 Å². The standard InChI is InChI=1S/C25H28N2O3/c1-25(2,3)18-5-8-19(9-6-18)30-20-7-4-17-14-22(24(26)28)27-23(21(17)15-20)16-10-12-29-13-11-16/h4-9,14-16H,10-13H2,1-3H3,(H2,26,28). The molecule has 0 bridgehead atoms. The Morgan fingerprint density at radius 1 is 1.03 bits per heavy atom. The predicted octanol–water partition coefficient (Wildman–Crippen LogP) is 5.32. The fourth-order valence-electron chi connectivity index (χ4n) is 3.88. The Morgan fingerprint density at radius 2 is 1.70 bits per heavy atom. The molecule has 0 atom stereocenters. The molecule has 1 saturated heterocycles. The Hall–Kier alpha value is -2.92. The smallest absolute Gasteiger partial charge is 0.267 e. The van der Waals surface area contributed by atoms with Gasteiger partial charge >= 0.3 is 0 Å². The van der Waals surface area contributed by atoms with Crippen LogP contribution in [0.1, 0.15) is 61.3 Å². The second-order valence-corrected chi connectivity index (χ2v) is 8.90. The summed E-state index contributed by atoms with van der Waals surface area (Å²) in [6, 6.07) is 15.8. The Morgan fingerprint density at radius 3 is 2.33 bits per heavy atom. The lowest BCUT2D eigenvalue weighted by Gasteiger charge is -2.23. The van der Waals surface area contributed by atoms with Crippen LogP contribution in [0.15, 0.2) is 48.5 Å². The van der Waals surface area contributed by atoms with Gasteiger partial charge in [-0.15, -0.1) is 0 Å². The van der Waals surface area contributed by atoms with E-state index in [9.17, 15) is 4.79 Å². The van der Waals surface area contributed by atoms with Gasteiger partial charge in [-0.05, 0) is 59.5 Å². The zero-order valence-corrected chi connectivity index (χ0v) is 17.8. The first kappa shape index (κ1) is 20.4. The average molecular weight is 405 g/mol. The van der Waals surface area contributed by atoms with Gasteiger partial charge in [-0.3, -0.25) is 4.79 Å². The van der Waals surface area contributed by atoms with Gasteiger partial charge in [0.25, 0.3) is 5.91 Å². The van der Waals surface area contributed by atoms with Gasteiger partial charge < -0.3 is 15.2 Å². The van der Waals surface area contributed by atoms with Crippen LogP contribution < -0.4 is 10.5 Å². The van der Waals surface area contributed by atoms with E-state index in [-0.39, 0.29) is 11.3 Å². The highest BCUT2D eigenvalue weighted by Gasteiger charge is 2.22. The average Bonchev–Trinajstić information content (AvgIpc) is 2.73. The number of nitrogens with two attached hydrogens (primary N) is 1. The van der Waals surface area contributed by atoms with Crippen LogP contribution in [0.5, 0.6) is 11.5 Å². The van der Waals surface area contributed by atoms with E-state index in [2.05, 4.69) is 37.9 Å². The first-order chi connectivity index (χ1) is 14.3. The summed E-state index contributed by atoms with van der Waals surface area (Å²) in [4.78, 5) is 16.4. The molecule has 0 aliphatic carbocycles. The van der Waals surface area contributed by atoms with Crippen molar-refractivity contribution in [3.63, 3.8) is 0 Å². The minimum atomic E-state index is -0.510. The van der Waals surface area contributed by atoms with Gasteiger partial charge in [-0.25, -0.2) is 4.98 Å². The highest BCUT2D eigenvalue weighted by molar-refractivity contribution is 5.96. The number of hydrogen-bond donors (Lipinski definition) is 1. The molecule has 0 spiro atoms. The zero-order valence-electron chi connectivity index (χ0n) is 17.8. The van der Waals surface area contributed by atoms with Crippen molar-refractivity contribution in [2.75, 3.05) is 13.2 Å². The Bertz CT molecular complexity index is 1060. The molecule has 1 fully saturated rings. The Balaban J connectivity index is 1.70. The minimum absolute atomic E-state index is 0.101. The first-order valence-corrected chi connectivity index (χ1v) is 10.4. The van der Waals surface area contributed by atoms with Crippen LogP contribution in [0.25, 0.3) is 10.8 Å². The number of rotatable bonds is 4. The molecular weight excluding hydrogens is 376 g/mol. The Labute approximate surface area is 177 Å². The molecule has 156 valence electrons. The van der Waals surface area contributed by atoms with Gasteiger partial charge in [0.2, 0.25) is 0 Å². The maximum absolute atomic E-state index is 11.8. The molecule has 30 heavy (non-hydrogen) atoms. The van der Waals surface area contributed by atoms with Crippen molar-refractivity contribution in [3.8, 4) is 11.5 Å². The molecule has 0 unspecified atom stereocenters. The van der Waals surface area contributed by atoms with Crippen LogP contribution in [-0.4, -0.2) is 24.1 Å². The SMILES string of the molecule is CC(C)(C)c1ccc(Oc2ccc3cc(C(N)=O)nc(C4CCOCC4)c3c2)cc1. The van der Waals surface area contributed by atoms with E-state index >= 15 is 0 Å². The summed E-state index contributed by atoms with van der Waals surface area (Å²) in [7, 11) is 0. The quantitative estimate of drug-likeness (QED) is 0.639. The van der Waals surface area contributed by atoms with Crippen LogP contribution in [0.3, 0.4) is 0 Å². The molecule has 4 rings (SSSR count). The third kappa shape index (κ3) is 4.31. The second-order valence-electron chi connectivity index (χ2n) is 8.90. The number of ether oxygens (including phenoxy) is 2.